The van der Waals surface area contributed by atoms with Crippen molar-refractivity contribution in [2.75, 3.05) is 0 Å². The first-order chi connectivity index (χ1) is 10.6. The summed E-state index contributed by atoms with van der Waals surface area (Å²) < 4.78 is 11.1. The lowest BCUT2D eigenvalue weighted by molar-refractivity contribution is 0.285. The lowest BCUT2D eigenvalue weighted by atomic mass is 10.1. The van der Waals surface area contributed by atoms with Gasteiger partial charge in [-0.2, -0.15) is 4.98 Å². The van der Waals surface area contributed by atoms with Crippen LogP contribution in [-0.2, 0) is 6.61 Å². The second-order valence-electron chi connectivity index (χ2n) is 5.38. The molecular formula is C18H18N2O2. The predicted octanol–water partition coefficient (Wildman–Crippen LogP) is 4.24. The minimum atomic E-state index is 0.292. The molecule has 1 heterocycles. The van der Waals surface area contributed by atoms with Gasteiger partial charge in [-0.05, 0) is 55.7 Å². The standard InChI is InChI=1S/C18H18N2O2/c1-12-9-13(2)14(3)16(10-12)21-11-17-19-18(22-20-17)15-7-5-4-6-8-15/h4-10H,11H2,1-3H3. The molecule has 0 saturated heterocycles. The highest BCUT2D eigenvalue weighted by Gasteiger charge is 2.10. The molecular weight excluding hydrogens is 276 g/mol. The highest BCUT2D eigenvalue weighted by molar-refractivity contribution is 5.52. The molecule has 0 N–H and O–H groups in total. The highest BCUT2D eigenvalue weighted by atomic mass is 16.5. The van der Waals surface area contributed by atoms with Crippen LogP contribution in [0.2, 0.25) is 0 Å². The van der Waals surface area contributed by atoms with Gasteiger partial charge in [-0.3, -0.25) is 0 Å². The first-order valence-electron chi connectivity index (χ1n) is 7.22. The Morgan fingerprint density at radius 1 is 1.05 bits per heavy atom. The molecule has 0 aliphatic heterocycles. The van der Waals surface area contributed by atoms with Crippen molar-refractivity contribution in [1.29, 1.82) is 0 Å². The molecule has 22 heavy (non-hydrogen) atoms. The van der Waals surface area contributed by atoms with Gasteiger partial charge in [0.2, 0.25) is 5.82 Å². The second-order valence-corrected chi connectivity index (χ2v) is 5.38. The van der Waals surface area contributed by atoms with Crippen molar-refractivity contribution in [2.24, 2.45) is 0 Å². The van der Waals surface area contributed by atoms with Gasteiger partial charge in [0.1, 0.15) is 5.75 Å². The van der Waals surface area contributed by atoms with Crippen LogP contribution in [-0.4, -0.2) is 10.1 Å². The number of hydrogen-bond donors (Lipinski definition) is 0. The summed E-state index contributed by atoms with van der Waals surface area (Å²) in [6, 6.07) is 13.9. The van der Waals surface area contributed by atoms with Crippen LogP contribution in [0.5, 0.6) is 5.75 Å². The van der Waals surface area contributed by atoms with Gasteiger partial charge in [0, 0.05) is 5.56 Å². The Kier molecular flexibility index (Phi) is 3.92. The predicted molar refractivity (Wildman–Crippen MR) is 84.7 cm³/mol. The maximum absolute atomic E-state index is 5.85. The van der Waals surface area contributed by atoms with E-state index in [1.165, 1.54) is 11.1 Å². The van der Waals surface area contributed by atoms with E-state index in [1.54, 1.807) is 0 Å². The second kappa shape index (κ2) is 6.02. The lowest BCUT2D eigenvalue weighted by Crippen LogP contribution is -2.00. The van der Waals surface area contributed by atoms with Crippen molar-refractivity contribution in [3.63, 3.8) is 0 Å². The number of aryl methyl sites for hydroxylation is 2. The number of nitrogens with zero attached hydrogens (tertiary/aromatic N) is 2. The van der Waals surface area contributed by atoms with E-state index in [0.29, 0.717) is 18.3 Å². The molecule has 0 fully saturated rings. The Labute approximate surface area is 129 Å². The van der Waals surface area contributed by atoms with E-state index in [-0.39, 0.29) is 0 Å². The van der Waals surface area contributed by atoms with Gasteiger partial charge in [-0.1, -0.05) is 29.4 Å². The molecule has 0 bridgehead atoms. The topological polar surface area (TPSA) is 48.2 Å². The Bertz CT molecular complexity index is 779. The van der Waals surface area contributed by atoms with E-state index in [1.807, 2.05) is 36.4 Å². The van der Waals surface area contributed by atoms with Gasteiger partial charge < -0.3 is 9.26 Å². The maximum Gasteiger partial charge on any atom is 0.258 e. The summed E-state index contributed by atoms with van der Waals surface area (Å²) >= 11 is 0. The fourth-order valence-corrected chi connectivity index (χ4v) is 2.30. The summed E-state index contributed by atoms with van der Waals surface area (Å²) in [5.41, 5.74) is 4.44. The third-order valence-corrected chi connectivity index (χ3v) is 3.61. The summed E-state index contributed by atoms with van der Waals surface area (Å²) in [5, 5.41) is 3.97. The molecule has 0 radical (unpaired) electrons. The Balaban J connectivity index is 1.74. The van der Waals surface area contributed by atoms with Crippen LogP contribution < -0.4 is 4.74 Å². The highest BCUT2D eigenvalue weighted by Crippen LogP contribution is 2.24. The van der Waals surface area contributed by atoms with Gasteiger partial charge in [-0.25, -0.2) is 0 Å². The van der Waals surface area contributed by atoms with Gasteiger partial charge >= 0.3 is 0 Å². The van der Waals surface area contributed by atoms with E-state index in [0.717, 1.165) is 16.9 Å². The summed E-state index contributed by atoms with van der Waals surface area (Å²) in [5.74, 6) is 1.91. The average Bonchev–Trinajstić information content (AvgIpc) is 2.99. The Hall–Kier alpha value is -2.62. The molecule has 3 rings (SSSR count). The zero-order valence-electron chi connectivity index (χ0n) is 13.0. The molecule has 0 amide bonds. The van der Waals surface area contributed by atoms with Crippen LogP contribution in [0.1, 0.15) is 22.5 Å². The molecule has 0 unspecified atom stereocenters. The average molecular weight is 294 g/mol. The van der Waals surface area contributed by atoms with Crippen LogP contribution >= 0.6 is 0 Å². The lowest BCUT2D eigenvalue weighted by Gasteiger charge is -2.10. The zero-order valence-corrected chi connectivity index (χ0v) is 13.0. The largest absolute Gasteiger partial charge is 0.485 e. The number of benzene rings is 2. The molecule has 0 spiro atoms. The SMILES string of the molecule is Cc1cc(C)c(C)c(OCc2noc(-c3ccccc3)n2)c1. The van der Waals surface area contributed by atoms with Crippen LogP contribution in [0, 0.1) is 20.8 Å². The van der Waals surface area contributed by atoms with E-state index in [4.69, 9.17) is 9.26 Å². The molecule has 0 atom stereocenters. The molecule has 4 heteroatoms. The first-order valence-corrected chi connectivity index (χ1v) is 7.22. The van der Waals surface area contributed by atoms with Crippen molar-refractivity contribution >= 4 is 0 Å². The summed E-state index contributed by atoms with van der Waals surface area (Å²) in [6.07, 6.45) is 0. The number of aromatic nitrogens is 2. The van der Waals surface area contributed by atoms with E-state index < -0.39 is 0 Å². The van der Waals surface area contributed by atoms with Crippen LogP contribution in [0.4, 0.5) is 0 Å². The first kappa shape index (κ1) is 14.3. The molecule has 4 nitrogen and oxygen atoms in total. The molecule has 0 aliphatic carbocycles. The fraction of sp³-hybridized carbons (Fsp3) is 0.222. The van der Waals surface area contributed by atoms with Crippen LogP contribution in [0.25, 0.3) is 11.5 Å². The number of rotatable bonds is 4. The summed E-state index contributed by atoms with van der Waals surface area (Å²) in [4.78, 5) is 4.37. The van der Waals surface area contributed by atoms with Crippen molar-refractivity contribution in [3.05, 3.63) is 65.0 Å². The quantitative estimate of drug-likeness (QED) is 0.722. The summed E-state index contributed by atoms with van der Waals surface area (Å²) in [6.45, 7) is 6.48. The maximum atomic E-state index is 5.85. The van der Waals surface area contributed by atoms with E-state index in [2.05, 4.69) is 37.0 Å². The van der Waals surface area contributed by atoms with Gasteiger partial charge in [0.25, 0.3) is 5.89 Å². The summed E-state index contributed by atoms with van der Waals surface area (Å²) in [7, 11) is 0. The Morgan fingerprint density at radius 3 is 2.59 bits per heavy atom. The molecule has 1 aromatic heterocycles. The zero-order chi connectivity index (χ0) is 15.5. The van der Waals surface area contributed by atoms with Crippen LogP contribution in [0.3, 0.4) is 0 Å². The normalized spacial score (nSPS) is 10.7. The third kappa shape index (κ3) is 3.01. The number of hydrogen-bond acceptors (Lipinski definition) is 4. The van der Waals surface area contributed by atoms with Crippen molar-refractivity contribution in [3.8, 4) is 17.2 Å². The minimum absolute atomic E-state index is 0.292. The van der Waals surface area contributed by atoms with E-state index in [9.17, 15) is 0 Å². The molecule has 0 aliphatic rings. The fourth-order valence-electron chi connectivity index (χ4n) is 2.30. The number of ether oxygens (including phenoxy) is 1. The molecule has 112 valence electrons. The molecule has 0 saturated carbocycles. The van der Waals surface area contributed by atoms with Crippen molar-refractivity contribution in [1.82, 2.24) is 10.1 Å². The van der Waals surface area contributed by atoms with Gasteiger partial charge in [0.05, 0.1) is 0 Å². The van der Waals surface area contributed by atoms with Crippen molar-refractivity contribution in [2.45, 2.75) is 27.4 Å². The minimum Gasteiger partial charge on any atom is -0.485 e. The Morgan fingerprint density at radius 2 is 1.82 bits per heavy atom. The molecule has 2 aromatic carbocycles. The van der Waals surface area contributed by atoms with E-state index >= 15 is 0 Å². The van der Waals surface area contributed by atoms with Crippen molar-refractivity contribution < 1.29 is 9.26 Å². The third-order valence-electron chi connectivity index (χ3n) is 3.61. The monoisotopic (exact) mass is 294 g/mol. The van der Waals surface area contributed by atoms with Gasteiger partial charge in [0.15, 0.2) is 6.61 Å². The van der Waals surface area contributed by atoms with Crippen LogP contribution in [0.15, 0.2) is 47.0 Å². The van der Waals surface area contributed by atoms with Gasteiger partial charge in [-0.15, -0.1) is 0 Å². The molecule has 3 aromatic rings. The smallest absolute Gasteiger partial charge is 0.258 e.